The van der Waals surface area contributed by atoms with Gasteiger partial charge in [0.1, 0.15) is 0 Å². The van der Waals surface area contributed by atoms with Crippen molar-refractivity contribution in [1.29, 1.82) is 0 Å². The van der Waals surface area contributed by atoms with E-state index in [9.17, 15) is 12.3 Å². The first-order valence-corrected chi connectivity index (χ1v) is 5.55. The Hall–Kier alpha value is -0.120. The third kappa shape index (κ3) is 5.18. The van der Waals surface area contributed by atoms with Gasteiger partial charge in [-0.2, -0.15) is 8.42 Å². The number of hydrogen-bond acceptors (Lipinski definition) is 2. The molecule has 0 saturated heterocycles. The molecule has 11 heavy (non-hydrogen) atoms. The second-order valence-electron chi connectivity index (χ2n) is 3.18. The molecular weight excluding hydrogens is 167 g/mol. The summed E-state index contributed by atoms with van der Waals surface area (Å²) in [5.41, 5.74) is 0. The van der Waals surface area contributed by atoms with Crippen molar-refractivity contribution >= 4 is 10.2 Å². The van der Waals surface area contributed by atoms with Crippen molar-refractivity contribution in [2.45, 2.75) is 32.1 Å². The smallest absolute Gasteiger partial charge is 0.195 e. The molecule has 1 fully saturated rings. The second kappa shape index (κ2) is 3.52. The molecule has 0 bridgehead atoms. The maximum atomic E-state index is 11.9. The van der Waals surface area contributed by atoms with Crippen LogP contribution in [0.25, 0.3) is 0 Å². The van der Waals surface area contributed by atoms with E-state index in [1.165, 1.54) is 12.8 Å². The second-order valence-corrected chi connectivity index (χ2v) is 4.67. The molecule has 1 saturated carbocycles. The van der Waals surface area contributed by atoms with Gasteiger partial charge in [0, 0.05) is 0 Å². The quantitative estimate of drug-likeness (QED) is 0.478. The predicted molar refractivity (Wildman–Crippen MR) is 41.5 cm³/mol. The number of halogens is 1. The van der Waals surface area contributed by atoms with Crippen LogP contribution in [0, 0.1) is 5.92 Å². The van der Waals surface area contributed by atoms with Gasteiger partial charge in [-0.05, 0) is 12.3 Å². The average molecular weight is 180 g/mol. The van der Waals surface area contributed by atoms with Crippen LogP contribution in [0.3, 0.4) is 0 Å². The zero-order valence-electron chi connectivity index (χ0n) is 6.42. The van der Waals surface area contributed by atoms with Gasteiger partial charge in [-0.15, -0.1) is 3.89 Å². The molecule has 0 unspecified atom stereocenters. The maximum absolute atomic E-state index is 11.9. The van der Waals surface area contributed by atoms with E-state index in [0.717, 1.165) is 18.8 Å². The molecule has 1 aliphatic rings. The molecule has 0 N–H and O–H groups in total. The summed E-state index contributed by atoms with van der Waals surface area (Å²) >= 11 is 0. The Balaban J connectivity index is 1.95. The third-order valence-electron chi connectivity index (χ3n) is 1.95. The summed E-state index contributed by atoms with van der Waals surface area (Å²) in [5.74, 6) is 0.525. The van der Waals surface area contributed by atoms with Gasteiger partial charge >= 0.3 is 10.2 Å². The minimum atomic E-state index is -4.20. The third-order valence-corrected chi connectivity index (χ3v) is 2.72. The molecule has 66 valence electrons. The van der Waals surface area contributed by atoms with Crippen LogP contribution in [0.4, 0.5) is 3.89 Å². The fraction of sp³-hybridized carbons (Fsp3) is 1.00. The Morgan fingerprint density at radius 1 is 1.27 bits per heavy atom. The zero-order valence-corrected chi connectivity index (χ0v) is 7.24. The minimum Gasteiger partial charge on any atom is -0.195 e. The van der Waals surface area contributed by atoms with Crippen LogP contribution in [-0.2, 0) is 10.2 Å². The van der Waals surface area contributed by atoms with Gasteiger partial charge in [0.2, 0.25) is 0 Å². The minimum absolute atomic E-state index is 0.292. The molecule has 0 spiro atoms. The lowest BCUT2D eigenvalue weighted by Gasteiger charge is -1.95. The van der Waals surface area contributed by atoms with Crippen LogP contribution >= 0.6 is 0 Å². The number of rotatable bonds is 5. The standard InChI is InChI=1S/C7H13FO2S/c8-11(9,10)6-2-1-3-7-4-5-7/h7H,1-6H2. The predicted octanol–water partition coefficient (Wildman–Crippen LogP) is 1.87. The van der Waals surface area contributed by atoms with Crippen molar-refractivity contribution in [2.75, 3.05) is 5.75 Å². The fourth-order valence-corrected chi connectivity index (χ4v) is 1.66. The normalized spacial score (nSPS) is 18.6. The van der Waals surface area contributed by atoms with E-state index in [4.69, 9.17) is 0 Å². The SMILES string of the molecule is O=S(=O)(F)CCCCC1CC1. The van der Waals surface area contributed by atoms with E-state index in [1.807, 2.05) is 0 Å². The summed E-state index contributed by atoms with van der Waals surface area (Å²) in [7, 11) is -4.20. The van der Waals surface area contributed by atoms with E-state index < -0.39 is 10.2 Å². The number of unbranched alkanes of at least 4 members (excludes halogenated alkanes) is 1. The average Bonchev–Trinajstić information content (AvgIpc) is 2.60. The lowest BCUT2D eigenvalue weighted by atomic mass is 10.2. The van der Waals surface area contributed by atoms with Crippen LogP contribution < -0.4 is 0 Å². The topological polar surface area (TPSA) is 34.1 Å². The van der Waals surface area contributed by atoms with E-state index in [2.05, 4.69) is 0 Å². The van der Waals surface area contributed by atoms with E-state index in [0.29, 0.717) is 6.42 Å². The highest BCUT2D eigenvalue weighted by atomic mass is 32.3. The van der Waals surface area contributed by atoms with Crippen LogP contribution in [0.15, 0.2) is 0 Å². The molecule has 0 radical (unpaired) electrons. The molecule has 0 amide bonds. The van der Waals surface area contributed by atoms with Crippen molar-refractivity contribution in [3.8, 4) is 0 Å². The number of hydrogen-bond donors (Lipinski definition) is 0. The van der Waals surface area contributed by atoms with Crippen molar-refractivity contribution in [3.05, 3.63) is 0 Å². The first kappa shape index (κ1) is 8.97. The van der Waals surface area contributed by atoms with Crippen LogP contribution in [0.2, 0.25) is 0 Å². The van der Waals surface area contributed by atoms with Gasteiger partial charge in [0.25, 0.3) is 0 Å². The highest BCUT2D eigenvalue weighted by Crippen LogP contribution is 2.33. The Labute approximate surface area is 67.0 Å². The maximum Gasteiger partial charge on any atom is 0.302 e. The van der Waals surface area contributed by atoms with Crippen LogP contribution in [0.5, 0.6) is 0 Å². The van der Waals surface area contributed by atoms with Gasteiger partial charge in [-0.3, -0.25) is 0 Å². The summed E-state index contributed by atoms with van der Waals surface area (Å²) in [6.07, 6.45) is 4.98. The fourth-order valence-electron chi connectivity index (χ4n) is 1.11. The lowest BCUT2D eigenvalue weighted by molar-refractivity contribution is 0.544. The van der Waals surface area contributed by atoms with Crippen molar-refractivity contribution < 1.29 is 12.3 Å². The van der Waals surface area contributed by atoms with Gasteiger partial charge in [0.15, 0.2) is 0 Å². The van der Waals surface area contributed by atoms with Gasteiger partial charge in [-0.25, -0.2) is 0 Å². The summed E-state index contributed by atoms with van der Waals surface area (Å²) < 4.78 is 32.0. The molecule has 0 atom stereocenters. The Kier molecular flexibility index (Phi) is 2.87. The van der Waals surface area contributed by atoms with Crippen molar-refractivity contribution in [1.82, 2.24) is 0 Å². The first-order valence-electron chi connectivity index (χ1n) is 4.00. The van der Waals surface area contributed by atoms with E-state index >= 15 is 0 Å². The first-order chi connectivity index (χ1) is 5.08. The Bertz CT molecular complexity index is 206. The van der Waals surface area contributed by atoms with Crippen LogP contribution in [-0.4, -0.2) is 14.2 Å². The van der Waals surface area contributed by atoms with Crippen LogP contribution in [0.1, 0.15) is 32.1 Å². The van der Waals surface area contributed by atoms with Gasteiger partial charge in [0.05, 0.1) is 5.75 Å². The molecule has 0 aliphatic heterocycles. The zero-order chi connectivity index (χ0) is 8.32. The lowest BCUT2D eigenvalue weighted by Crippen LogP contribution is -1.97. The molecular formula is C7H13FO2S. The van der Waals surface area contributed by atoms with Crippen molar-refractivity contribution in [2.24, 2.45) is 5.92 Å². The molecule has 0 aromatic carbocycles. The van der Waals surface area contributed by atoms with Gasteiger partial charge < -0.3 is 0 Å². The molecule has 4 heteroatoms. The van der Waals surface area contributed by atoms with E-state index in [1.54, 1.807) is 0 Å². The largest absolute Gasteiger partial charge is 0.302 e. The van der Waals surface area contributed by atoms with Gasteiger partial charge in [-0.1, -0.05) is 25.7 Å². The Morgan fingerprint density at radius 3 is 2.36 bits per heavy atom. The van der Waals surface area contributed by atoms with Crippen molar-refractivity contribution in [3.63, 3.8) is 0 Å². The molecule has 0 aromatic heterocycles. The summed E-state index contributed by atoms with van der Waals surface area (Å²) in [6, 6.07) is 0. The summed E-state index contributed by atoms with van der Waals surface area (Å²) in [5, 5.41) is 0. The summed E-state index contributed by atoms with van der Waals surface area (Å²) in [6.45, 7) is 0. The molecule has 0 aromatic rings. The molecule has 0 heterocycles. The monoisotopic (exact) mass is 180 g/mol. The Morgan fingerprint density at radius 2 is 1.91 bits per heavy atom. The highest BCUT2D eigenvalue weighted by molar-refractivity contribution is 7.86. The van der Waals surface area contributed by atoms with E-state index in [-0.39, 0.29) is 5.75 Å². The molecule has 2 nitrogen and oxygen atoms in total. The molecule has 1 rings (SSSR count). The summed E-state index contributed by atoms with van der Waals surface area (Å²) in [4.78, 5) is 0. The molecule has 1 aliphatic carbocycles. The highest BCUT2D eigenvalue weighted by Gasteiger charge is 2.20.